The van der Waals surface area contributed by atoms with Crippen LogP contribution in [0.15, 0.2) is 12.1 Å². The smallest absolute Gasteiger partial charge is 0.0725 e. The van der Waals surface area contributed by atoms with Crippen LogP contribution in [0.3, 0.4) is 0 Å². The van der Waals surface area contributed by atoms with Gasteiger partial charge in [0.15, 0.2) is 0 Å². The minimum atomic E-state index is 0.490. The molecule has 0 spiro atoms. The summed E-state index contributed by atoms with van der Waals surface area (Å²) in [7, 11) is 0. The van der Waals surface area contributed by atoms with E-state index in [0.717, 1.165) is 17.5 Å². The van der Waals surface area contributed by atoms with Gasteiger partial charge in [0.25, 0.3) is 0 Å². The fourth-order valence-corrected chi connectivity index (χ4v) is 1.35. The van der Waals surface area contributed by atoms with E-state index < -0.39 is 0 Å². The standard InChI is InChI=1S/C9H11ClN2/c1-2-6-3-4-8(12)9(10)7(6)5-11/h3-5,11H,2,12H2,1H3. The van der Waals surface area contributed by atoms with Gasteiger partial charge in [-0.25, -0.2) is 0 Å². The van der Waals surface area contributed by atoms with Crippen LogP contribution in [0.25, 0.3) is 0 Å². The van der Waals surface area contributed by atoms with E-state index in [1.807, 2.05) is 13.0 Å². The first-order chi connectivity index (χ1) is 5.70. The lowest BCUT2D eigenvalue weighted by Gasteiger charge is -2.06. The summed E-state index contributed by atoms with van der Waals surface area (Å²) in [5.41, 5.74) is 7.91. The summed E-state index contributed by atoms with van der Waals surface area (Å²) in [6, 6.07) is 3.68. The van der Waals surface area contributed by atoms with E-state index in [-0.39, 0.29) is 0 Å². The molecule has 0 saturated heterocycles. The van der Waals surface area contributed by atoms with Gasteiger partial charge in [0.1, 0.15) is 0 Å². The van der Waals surface area contributed by atoms with Gasteiger partial charge in [-0.1, -0.05) is 24.6 Å². The Labute approximate surface area is 76.9 Å². The minimum Gasteiger partial charge on any atom is -0.398 e. The average Bonchev–Trinajstić information content (AvgIpc) is 2.09. The Balaban J connectivity index is 3.35. The lowest BCUT2D eigenvalue weighted by molar-refractivity contribution is 1.13. The van der Waals surface area contributed by atoms with E-state index in [9.17, 15) is 0 Å². The van der Waals surface area contributed by atoms with Gasteiger partial charge in [0, 0.05) is 11.8 Å². The zero-order valence-corrected chi connectivity index (χ0v) is 7.65. The van der Waals surface area contributed by atoms with Crippen molar-refractivity contribution in [3.05, 3.63) is 28.3 Å². The van der Waals surface area contributed by atoms with Crippen molar-refractivity contribution < 1.29 is 0 Å². The first kappa shape index (κ1) is 9.07. The lowest BCUT2D eigenvalue weighted by Crippen LogP contribution is -1.96. The number of halogens is 1. The maximum absolute atomic E-state index is 7.16. The quantitative estimate of drug-likeness (QED) is 0.536. The average molecular weight is 183 g/mol. The molecule has 0 aliphatic carbocycles. The van der Waals surface area contributed by atoms with Gasteiger partial charge in [0.2, 0.25) is 0 Å². The first-order valence-corrected chi connectivity index (χ1v) is 4.15. The van der Waals surface area contributed by atoms with Crippen molar-refractivity contribution in [3.63, 3.8) is 0 Å². The fraction of sp³-hybridized carbons (Fsp3) is 0.222. The molecule has 3 heteroatoms. The van der Waals surface area contributed by atoms with E-state index in [2.05, 4.69) is 0 Å². The molecule has 64 valence electrons. The number of rotatable bonds is 2. The second-order valence-electron chi connectivity index (χ2n) is 2.54. The first-order valence-electron chi connectivity index (χ1n) is 3.78. The van der Waals surface area contributed by atoms with Crippen LogP contribution in [0.4, 0.5) is 5.69 Å². The van der Waals surface area contributed by atoms with Crippen LogP contribution in [0.5, 0.6) is 0 Å². The molecule has 0 heterocycles. The van der Waals surface area contributed by atoms with Gasteiger partial charge in [-0.3, -0.25) is 0 Å². The number of nitrogens with two attached hydrogens (primary N) is 1. The lowest BCUT2D eigenvalue weighted by atomic mass is 10.1. The molecule has 0 atom stereocenters. The van der Waals surface area contributed by atoms with Crippen molar-refractivity contribution in [2.24, 2.45) is 0 Å². The molecule has 0 amide bonds. The number of nitrogen functional groups attached to an aromatic ring is 1. The van der Waals surface area contributed by atoms with E-state index in [1.165, 1.54) is 6.21 Å². The van der Waals surface area contributed by atoms with E-state index in [1.54, 1.807) is 6.07 Å². The van der Waals surface area contributed by atoms with Gasteiger partial charge in [0.05, 0.1) is 10.7 Å². The number of aryl methyl sites for hydroxylation is 1. The van der Waals surface area contributed by atoms with Crippen molar-refractivity contribution in [2.45, 2.75) is 13.3 Å². The second-order valence-corrected chi connectivity index (χ2v) is 2.92. The van der Waals surface area contributed by atoms with Crippen LogP contribution in [-0.2, 0) is 6.42 Å². The van der Waals surface area contributed by atoms with Gasteiger partial charge >= 0.3 is 0 Å². The largest absolute Gasteiger partial charge is 0.398 e. The molecule has 1 rings (SSSR count). The van der Waals surface area contributed by atoms with Crippen molar-refractivity contribution in [2.75, 3.05) is 5.73 Å². The third-order valence-electron chi connectivity index (χ3n) is 1.83. The Kier molecular flexibility index (Phi) is 2.71. The normalized spacial score (nSPS) is 9.83. The molecule has 1 aromatic rings. The number of benzene rings is 1. The minimum absolute atomic E-state index is 0.490. The molecule has 3 N–H and O–H groups in total. The summed E-state index contributed by atoms with van der Waals surface area (Å²) in [4.78, 5) is 0. The Morgan fingerprint density at radius 3 is 2.75 bits per heavy atom. The predicted molar refractivity (Wildman–Crippen MR) is 53.1 cm³/mol. The monoisotopic (exact) mass is 182 g/mol. The zero-order valence-electron chi connectivity index (χ0n) is 6.89. The number of hydrogen-bond donors (Lipinski definition) is 2. The Bertz CT molecular complexity index is 308. The Hall–Kier alpha value is -1.02. The summed E-state index contributed by atoms with van der Waals surface area (Å²) in [5, 5.41) is 7.65. The highest BCUT2D eigenvalue weighted by molar-refractivity contribution is 6.35. The third-order valence-corrected chi connectivity index (χ3v) is 2.25. The van der Waals surface area contributed by atoms with Crippen LogP contribution in [0.2, 0.25) is 5.02 Å². The molecule has 0 aliphatic rings. The molecule has 0 unspecified atom stereocenters. The van der Waals surface area contributed by atoms with E-state index >= 15 is 0 Å². The van der Waals surface area contributed by atoms with Gasteiger partial charge in [-0.15, -0.1) is 0 Å². The summed E-state index contributed by atoms with van der Waals surface area (Å²) in [5.74, 6) is 0. The zero-order chi connectivity index (χ0) is 9.14. The Morgan fingerprint density at radius 1 is 1.58 bits per heavy atom. The molecule has 0 radical (unpaired) electrons. The van der Waals surface area contributed by atoms with Crippen molar-refractivity contribution >= 4 is 23.5 Å². The SMILES string of the molecule is CCc1ccc(N)c(Cl)c1C=N. The summed E-state index contributed by atoms with van der Waals surface area (Å²) in [6.45, 7) is 2.02. The summed E-state index contributed by atoms with van der Waals surface area (Å²) in [6.07, 6.45) is 2.11. The molecule has 0 bridgehead atoms. The van der Waals surface area contributed by atoms with Crippen molar-refractivity contribution in [3.8, 4) is 0 Å². The van der Waals surface area contributed by atoms with Gasteiger partial charge < -0.3 is 11.1 Å². The highest BCUT2D eigenvalue weighted by Crippen LogP contribution is 2.25. The van der Waals surface area contributed by atoms with Crippen LogP contribution >= 0.6 is 11.6 Å². The van der Waals surface area contributed by atoms with Crippen LogP contribution < -0.4 is 5.73 Å². The molecule has 0 saturated carbocycles. The molecule has 0 aliphatic heterocycles. The highest BCUT2D eigenvalue weighted by atomic mass is 35.5. The van der Waals surface area contributed by atoms with Crippen LogP contribution in [-0.4, -0.2) is 6.21 Å². The number of anilines is 1. The van der Waals surface area contributed by atoms with E-state index in [0.29, 0.717) is 10.7 Å². The molecular formula is C9H11ClN2. The van der Waals surface area contributed by atoms with Gasteiger partial charge in [-0.05, 0) is 18.1 Å². The van der Waals surface area contributed by atoms with Crippen molar-refractivity contribution in [1.82, 2.24) is 0 Å². The second kappa shape index (κ2) is 3.59. The van der Waals surface area contributed by atoms with Gasteiger partial charge in [-0.2, -0.15) is 0 Å². The fourth-order valence-electron chi connectivity index (χ4n) is 1.11. The predicted octanol–water partition coefficient (Wildman–Crippen LogP) is 2.48. The third kappa shape index (κ3) is 1.43. The molecule has 2 nitrogen and oxygen atoms in total. The van der Waals surface area contributed by atoms with Crippen LogP contribution in [0, 0.1) is 5.41 Å². The molecule has 0 aromatic heterocycles. The van der Waals surface area contributed by atoms with E-state index in [4.69, 9.17) is 22.7 Å². The highest BCUT2D eigenvalue weighted by Gasteiger charge is 2.05. The molecule has 1 aromatic carbocycles. The summed E-state index contributed by atoms with van der Waals surface area (Å²) < 4.78 is 0. The number of hydrogen-bond acceptors (Lipinski definition) is 2. The maximum atomic E-state index is 7.16. The van der Waals surface area contributed by atoms with Crippen molar-refractivity contribution in [1.29, 1.82) is 5.41 Å². The molecule has 0 fully saturated rings. The van der Waals surface area contributed by atoms with Crippen LogP contribution in [0.1, 0.15) is 18.1 Å². The topological polar surface area (TPSA) is 49.9 Å². The number of nitrogens with one attached hydrogen (secondary N) is 1. The maximum Gasteiger partial charge on any atom is 0.0725 e. The molecule has 12 heavy (non-hydrogen) atoms. The summed E-state index contributed by atoms with van der Waals surface area (Å²) >= 11 is 5.90. The Morgan fingerprint density at radius 2 is 2.25 bits per heavy atom. The molecular weight excluding hydrogens is 172 g/mol.